The molecule has 4 nitrogen and oxygen atoms in total. The lowest BCUT2D eigenvalue weighted by molar-refractivity contribution is 0.301. The summed E-state index contributed by atoms with van der Waals surface area (Å²) < 4.78 is 6.06. The Morgan fingerprint density at radius 2 is 2.05 bits per heavy atom. The first-order valence-corrected chi connectivity index (χ1v) is 9.88. The van der Waals surface area contributed by atoms with E-state index in [4.69, 9.17) is 22.6 Å². The molecule has 0 saturated carbocycles. The van der Waals surface area contributed by atoms with Gasteiger partial charge in [0.1, 0.15) is 11.0 Å². The van der Waals surface area contributed by atoms with Gasteiger partial charge in [0.25, 0.3) is 0 Å². The van der Waals surface area contributed by atoms with Crippen molar-refractivity contribution in [2.24, 2.45) is 0 Å². The lowest BCUT2D eigenvalue weighted by Gasteiger charge is -2.36. The summed E-state index contributed by atoms with van der Waals surface area (Å²) in [5.74, 6) is 0.520. The molecule has 0 aliphatic heterocycles. The first-order chi connectivity index (χ1) is 9.17. The van der Waals surface area contributed by atoms with Crippen LogP contribution in [0.3, 0.4) is 0 Å². The molecule has 0 radical (unpaired) electrons. The third kappa shape index (κ3) is 4.48. The number of hydrogen-bond acceptors (Lipinski definition) is 3. The van der Waals surface area contributed by atoms with Gasteiger partial charge in [-0.05, 0) is 30.3 Å². The molecular formula is C14H22ClN3OSi. The van der Waals surface area contributed by atoms with Crippen LogP contribution in [0.2, 0.25) is 23.3 Å². The summed E-state index contributed by atoms with van der Waals surface area (Å²) in [7, 11) is -1.72. The Kier molecular flexibility index (Phi) is 5.57. The SMILES string of the molecule is [C-]#[N+]c1ccc(Cl)nc1NCCO[Si](C)(C)C(C)(C)C. The molecule has 0 bridgehead atoms. The van der Waals surface area contributed by atoms with Gasteiger partial charge >= 0.3 is 0 Å². The van der Waals surface area contributed by atoms with Crippen LogP contribution >= 0.6 is 11.6 Å². The first-order valence-electron chi connectivity index (χ1n) is 6.59. The molecule has 0 spiro atoms. The van der Waals surface area contributed by atoms with Crippen molar-refractivity contribution in [1.82, 2.24) is 4.98 Å². The van der Waals surface area contributed by atoms with E-state index in [1.54, 1.807) is 12.1 Å². The highest BCUT2D eigenvalue weighted by molar-refractivity contribution is 6.74. The van der Waals surface area contributed by atoms with Gasteiger partial charge in [0.2, 0.25) is 5.69 Å². The molecule has 0 saturated heterocycles. The highest BCUT2D eigenvalue weighted by Gasteiger charge is 2.36. The second-order valence-electron chi connectivity index (χ2n) is 6.15. The van der Waals surface area contributed by atoms with Crippen LogP contribution in [0.4, 0.5) is 11.5 Å². The molecule has 0 amide bonds. The zero-order chi connectivity index (χ0) is 15.4. The second-order valence-corrected chi connectivity index (χ2v) is 11.3. The van der Waals surface area contributed by atoms with Gasteiger partial charge in [0.15, 0.2) is 8.32 Å². The number of rotatable bonds is 5. The monoisotopic (exact) mass is 311 g/mol. The minimum atomic E-state index is -1.72. The largest absolute Gasteiger partial charge is 0.415 e. The maximum atomic E-state index is 7.09. The molecule has 0 unspecified atom stereocenters. The van der Waals surface area contributed by atoms with Crippen LogP contribution in [0.25, 0.3) is 4.85 Å². The van der Waals surface area contributed by atoms with Gasteiger partial charge < -0.3 is 9.74 Å². The Labute approximate surface area is 127 Å². The van der Waals surface area contributed by atoms with Crippen molar-refractivity contribution in [3.05, 3.63) is 28.7 Å². The minimum Gasteiger partial charge on any atom is -0.415 e. The lowest BCUT2D eigenvalue weighted by atomic mass is 10.2. The van der Waals surface area contributed by atoms with E-state index in [0.29, 0.717) is 29.8 Å². The van der Waals surface area contributed by atoms with Crippen molar-refractivity contribution >= 4 is 31.4 Å². The van der Waals surface area contributed by atoms with Crippen molar-refractivity contribution in [2.75, 3.05) is 18.5 Å². The third-order valence-corrected chi connectivity index (χ3v) is 8.37. The van der Waals surface area contributed by atoms with Crippen LogP contribution in [-0.4, -0.2) is 26.5 Å². The lowest BCUT2D eigenvalue weighted by Crippen LogP contribution is -2.41. The molecular weight excluding hydrogens is 290 g/mol. The van der Waals surface area contributed by atoms with Crippen molar-refractivity contribution in [1.29, 1.82) is 0 Å². The molecule has 1 N–H and O–H groups in total. The fourth-order valence-corrected chi connectivity index (χ4v) is 2.53. The number of halogens is 1. The van der Waals surface area contributed by atoms with Crippen LogP contribution in [0.1, 0.15) is 20.8 Å². The molecule has 110 valence electrons. The number of nitrogens with one attached hydrogen (secondary N) is 1. The van der Waals surface area contributed by atoms with E-state index < -0.39 is 8.32 Å². The molecule has 1 rings (SSSR count). The topological polar surface area (TPSA) is 38.5 Å². The number of pyridine rings is 1. The van der Waals surface area contributed by atoms with E-state index >= 15 is 0 Å². The Bertz CT molecular complexity index is 506. The summed E-state index contributed by atoms with van der Waals surface area (Å²) in [6.45, 7) is 19.4. The number of nitrogens with zero attached hydrogens (tertiary/aromatic N) is 2. The van der Waals surface area contributed by atoms with E-state index in [-0.39, 0.29) is 5.04 Å². The number of anilines is 1. The quantitative estimate of drug-likeness (QED) is 0.370. The van der Waals surface area contributed by atoms with Crippen LogP contribution < -0.4 is 5.32 Å². The fourth-order valence-electron chi connectivity index (χ4n) is 1.34. The van der Waals surface area contributed by atoms with Gasteiger partial charge in [-0.2, -0.15) is 0 Å². The minimum absolute atomic E-state index is 0.197. The molecule has 0 aliphatic rings. The zero-order valence-corrected chi connectivity index (χ0v) is 14.5. The smallest absolute Gasteiger partial charge is 0.228 e. The molecule has 1 heterocycles. The summed E-state index contributed by atoms with van der Waals surface area (Å²) in [5.41, 5.74) is 0.474. The molecule has 20 heavy (non-hydrogen) atoms. The molecule has 0 aliphatic carbocycles. The predicted molar refractivity (Wildman–Crippen MR) is 87.1 cm³/mol. The average Bonchev–Trinajstić information content (AvgIpc) is 2.33. The van der Waals surface area contributed by atoms with E-state index in [1.807, 2.05) is 0 Å². The predicted octanol–water partition coefficient (Wildman–Crippen LogP) is 4.72. The summed E-state index contributed by atoms with van der Waals surface area (Å²) in [4.78, 5) is 7.54. The summed E-state index contributed by atoms with van der Waals surface area (Å²) >= 11 is 5.84. The van der Waals surface area contributed by atoms with Gasteiger partial charge in [0.05, 0.1) is 13.2 Å². The van der Waals surface area contributed by atoms with Crippen molar-refractivity contribution in [3.8, 4) is 0 Å². The van der Waals surface area contributed by atoms with Crippen LogP contribution in [0.15, 0.2) is 12.1 Å². The molecule has 1 aromatic heterocycles. The third-order valence-electron chi connectivity index (χ3n) is 3.62. The number of hydrogen-bond donors (Lipinski definition) is 1. The zero-order valence-electron chi connectivity index (χ0n) is 12.7. The second kappa shape index (κ2) is 6.57. The standard InChI is InChI=1S/C14H22ClN3OSi/c1-14(2,3)20(5,6)19-10-9-17-13-11(16-4)7-8-12(15)18-13/h7-8H,9-10H2,1-3,5-6H3,(H,17,18). The van der Waals surface area contributed by atoms with E-state index in [1.165, 1.54) is 0 Å². The van der Waals surface area contributed by atoms with Crippen molar-refractivity contribution < 1.29 is 4.43 Å². The van der Waals surface area contributed by atoms with Crippen LogP contribution in [-0.2, 0) is 4.43 Å². The van der Waals surface area contributed by atoms with Gasteiger partial charge in [-0.3, -0.25) is 0 Å². The Morgan fingerprint density at radius 1 is 1.40 bits per heavy atom. The molecule has 1 aromatic rings. The van der Waals surface area contributed by atoms with Crippen molar-refractivity contribution in [2.45, 2.75) is 38.9 Å². The Hall–Kier alpha value is -1.09. The average molecular weight is 312 g/mol. The Morgan fingerprint density at radius 3 is 2.60 bits per heavy atom. The van der Waals surface area contributed by atoms with E-state index in [0.717, 1.165) is 0 Å². The highest BCUT2D eigenvalue weighted by atomic mass is 35.5. The van der Waals surface area contributed by atoms with Crippen LogP contribution in [0.5, 0.6) is 0 Å². The van der Waals surface area contributed by atoms with Gasteiger partial charge in [-0.1, -0.05) is 32.4 Å². The highest BCUT2D eigenvalue weighted by Crippen LogP contribution is 2.36. The first kappa shape index (κ1) is 17.0. The van der Waals surface area contributed by atoms with Gasteiger partial charge in [0, 0.05) is 6.54 Å². The maximum absolute atomic E-state index is 7.09. The summed E-state index contributed by atoms with van der Waals surface area (Å²) in [5, 5.41) is 3.69. The number of aromatic nitrogens is 1. The Balaban J connectivity index is 2.54. The van der Waals surface area contributed by atoms with Crippen molar-refractivity contribution in [3.63, 3.8) is 0 Å². The summed E-state index contributed by atoms with van der Waals surface area (Å²) in [6.07, 6.45) is 0. The normalized spacial score (nSPS) is 12.1. The van der Waals surface area contributed by atoms with Gasteiger partial charge in [-0.15, -0.1) is 0 Å². The molecule has 0 fully saturated rings. The van der Waals surface area contributed by atoms with E-state index in [2.05, 4.69) is 49.0 Å². The molecule has 0 aromatic carbocycles. The summed E-state index contributed by atoms with van der Waals surface area (Å²) in [6, 6.07) is 3.28. The van der Waals surface area contributed by atoms with E-state index in [9.17, 15) is 0 Å². The van der Waals surface area contributed by atoms with Crippen LogP contribution in [0, 0.1) is 6.57 Å². The molecule has 0 atom stereocenters. The fraction of sp³-hybridized carbons (Fsp3) is 0.571. The maximum Gasteiger partial charge on any atom is 0.228 e. The molecule has 6 heteroatoms. The van der Waals surface area contributed by atoms with Gasteiger partial charge in [-0.25, -0.2) is 9.83 Å².